The molecule has 1 aromatic heterocycles. The smallest absolute Gasteiger partial charge is 0.265 e. The number of nitrogens with one attached hydrogen (secondary N) is 2. The summed E-state index contributed by atoms with van der Waals surface area (Å²) in [6.45, 7) is 1.38. The van der Waals surface area contributed by atoms with Crippen LogP contribution < -0.4 is 10.9 Å². The number of hydrogen-bond donors (Lipinski definition) is 4. The number of carbonyl (C=O) groups excluding carboxylic acids is 1. The molecule has 5 nitrogen and oxygen atoms in total. The number of aromatic nitrogens is 1. The van der Waals surface area contributed by atoms with Gasteiger partial charge in [-0.1, -0.05) is 12.1 Å². The molecular formula is C19H16F2N2O3S. The van der Waals surface area contributed by atoms with Gasteiger partial charge in [-0.3, -0.25) is 9.59 Å². The van der Waals surface area contributed by atoms with Crippen LogP contribution in [0.5, 0.6) is 5.75 Å². The Labute approximate surface area is 158 Å². The first-order valence-electron chi connectivity index (χ1n) is 8.08. The van der Waals surface area contributed by atoms with Crippen molar-refractivity contribution in [3.8, 4) is 5.75 Å². The Hall–Kier alpha value is -2.87. The highest BCUT2D eigenvalue weighted by Gasteiger charge is 2.22. The summed E-state index contributed by atoms with van der Waals surface area (Å²) >= 11 is 4.16. The lowest BCUT2D eigenvalue weighted by molar-refractivity contribution is 0.102. The first-order chi connectivity index (χ1) is 12.8. The molecule has 0 fully saturated rings. The Morgan fingerprint density at radius 3 is 2.70 bits per heavy atom. The third-order valence-electron chi connectivity index (χ3n) is 4.20. The lowest BCUT2D eigenvalue weighted by Crippen LogP contribution is -2.24. The molecule has 0 unspecified atom stereocenters. The van der Waals surface area contributed by atoms with Gasteiger partial charge in [0, 0.05) is 11.5 Å². The normalized spacial score (nSPS) is 11.0. The van der Waals surface area contributed by atoms with Crippen molar-refractivity contribution in [1.29, 1.82) is 0 Å². The van der Waals surface area contributed by atoms with Crippen molar-refractivity contribution in [2.75, 3.05) is 11.1 Å². The highest BCUT2D eigenvalue weighted by molar-refractivity contribution is 7.80. The molecule has 0 aliphatic rings. The molecule has 0 saturated heterocycles. The highest BCUT2D eigenvalue weighted by Crippen LogP contribution is 2.29. The average molecular weight is 390 g/mol. The number of carbonyl (C=O) groups is 1. The number of thiol groups is 1. The molecule has 0 atom stereocenters. The number of anilines is 1. The lowest BCUT2D eigenvalue weighted by Gasteiger charge is -2.12. The van der Waals surface area contributed by atoms with Crippen LogP contribution in [0.25, 0.3) is 10.9 Å². The molecule has 3 rings (SSSR count). The van der Waals surface area contributed by atoms with E-state index in [1.807, 2.05) is 0 Å². The van der Waals surface area contributed by atoms with Crippen molar-refractivity contribution in [3.63, 3.8) is 0 Å². The van der Waals surface area contributed by atoms with Crippen molar-refractivity contribution >= 4 is 35.1 Å². The average Bonchev–Trinajstić information content (AvgIpc) is 2.59. The summed E-state index contributed by atoms with van der Waals surface area (Å²) in [4.78, 5) is 27.4. The lowest BCUT2D eigenvalue weighted by atomic mass is 10.0. The number of benzene rings is 2. The largest absolute Gasteiger partial charge is 0.506 e. The number of hydrogen-bond acceptors (Lipinski definition) is 4. The number of aromatic amines is 1. The van der Waals surface area contributed by atoms with Gasteiger partial charge in [0.05, 0.1) is 11.2 Å². The maximum absolute atomic E-state index is 14.0. The van der Waals surface area contributed by atoms with E-state index in [0.717, 1.165) is 12.1 Å². The molecule has 3 N–H and O–H groups in total. The number of halogens is 2. The molecule has 0 aliphatic heterocycles. The minimum atomic E-state index is -1.04. The van der Waals surface area contributed by atoms with Gasteiger partial charge < -0.3 is 15.4 Å². The predicted molar refractivity (Wildman–Crippen MR) is 103 cm³/mol. The number of aryl methyl sites for hydroxylation is 2. The maximum atomic E-state index is 14.0. The van der Waals surface area contributed by atoms with Crippen molar-refractivity contribution in [3.05, 3.63) is 69.0 Å². The highest BCUT2D eigenvalue weighted by atomic mass is 32.1. The van der Waals surface area contributed by atoms with Crippen LogP contribution in [-0.2, 0) is 6.42 Å². The minimum absolute atomic E-state index is 0.0771. The number of amides is 1. The summed E-state index contributed by atoms with van der Waals surface area (Å²) in [6.07, 6.45) is 0.499. The summed E-state index contributed by atoms with van der Waals surface area (Å²) in [5.74, 6) is -2.63. The minimum Gasteiger partial charge on any atom is -0.506 e. The molecule has 140 valence electrons. The fraction of sp³-hybridized carbons (Fsp3) is 0.158. The molecule has 0 saturated carbocycles. The zero-order valence-corrected chi connectivity index (χ0v) is 15.2. The van der Waals surface area contributed by atoms with E-state index in [1.165, 1.54) is 6.92 Å². The summed E-state index contributed by atoms with van der Waals surface area (Å²) in [5.41, 5.74) is -0.708. The van der Waals surface area contributed by atoms with Crippen LogP contribution in [0.15, 0.2) is 35.1 Å². The molecule has 0 spiro atoms. The Morgan fingerprint density at radius 1 is 1.26 bits per heavy atom. The molecule has 27 heavy (non-hydrogen) atoms. The first-order valence-corrected chi connectivity index (χ1v) is 8.71. The van der Waals surface area contributed by atoms with Gasteiger partial charge in [-0.05, 0) is 42.4 Å². The molecule has 0 aliphatic carbocycles. The van der Waals surface area contributed by atoms with Gasteiger partial charge in [-0.15, -0.1) is 0 Å². The van der Waals surface area contributed by atoms with E-state index in [0.29, 0.717) is 28.6 Å². The molecule has 1 amide bonds. The van der Waals surface area contributed by atoms with Gasteiger partial charge in [0.25, 0.3) is 11.5 Å². The fourth-order valence-electron chi connectivity index (χ4n) is 2.87. The zero-order chi connectivity index (χ0) is 19.7. The fourth-order valence-corrected chi connectivity index (χ4v) is 3.11. The Morgan fingerprint density at radius 2 is 2.00 bits per heavy atom. The number of rotatable bonds is 4. The van der Waals surface area contributed by atoms with E-state index in [9.17, 15) is 23.5 Å². The monoisotopic (exact) mass is 390 g/mol. The Bertz CT molecular complexity index is 1110. The Kier molecular flexibility index (Phi) is 5.18. The van der Waals surface area contributed by atoms with E-state index in [4.69, 9.17) is 0 Å². The van der Waals surface area contributed by atoms with Gasteiger partial charge >= 0.3 is 0 Å². The molecule has 1 heterocycles. The molecule has 0 radical (unpaired) electrons. The third kappa shape index (κ3) is 3.52. The van der Waals surface area contributed by atoms with Crippen LogP contribution in [0.3, 0.4) is 0 Å². The third-order valence-corrected chi connectivity index (χ3v) is 4.43. The molecule has 3 aromatic rings. The topological polar surface area (TPSA) is 82.2 Å². The van der Waals surface area contributed by atoms with Crippen molar-refractivity contribution in [2.24, 2.45) is 0 Å². The predicted octanol–water partition coefficient (Wildman–Crippen LogP) is 3.54. The second-order valence-corrected chi connectivity index (χ2v) is 6.47. The maximum Gasteiger partial charge on any atom is 0.265 e. The summed E-state index contributed by atoms with van der Waals surface area (Å²) in [7, 11) is 0. The van der Waals surface area contributed by atoms with E-state index < -0.39 is 40.1 Å². The van der Waals surface area contributed by atoms with Crippen molar-refractivity contribution in [2.45, 2.75) is 13.3 Å². The molecule has 0 bridgehead atoms. The van der Waals surface area contributed by atoms with Crippen LogP contribution in [0.4, 0.5) is 14.5 Å². The number of aromatic hydroxyl groups is 1. The zero-order valence-electron chi connectivity index (χ0n) is 14.3. The van der Waals surface area contributed by atoms with E-state index in [-0.39, 0.29) is 5.56 Å². The van der Waals surface area contributed by atoms with E-state index >= 15 is 0 Å². The molecule has 8 heteroatoms. The van der Waals surface area contributed by atoms with Crippen LogP contribution in [-0.4, -0.2) is 21.8 Å². The number of pyridine rings is 1. The van der Waals surface area contributed by atoms with Crippen LogP contribution in [0.2, 0.25) is 0 Å². The summed E-state index contributed by atoms with van der Waals surface area (Å²) in [6, 6.07) is 6.80. The second kappa shape index (κ2) is 7.40. The Balaban J connectivity index is 2.11. The molecule has 2 aromatic carbocycles. The standard InChI is InChI=1S/C19H16F2N2O3S/c1-9-7-12(21)14(8-11(9)20)23-19(26)16-17(24)15-10(5-6-27)3-2-4-13(15)22-18(16)25/h2-4,7-8,27H,5-6H2,1H3,(H,23,26)(H2,22,24,25). The summed E-state index contributed by atoms with van der Waals surface area (Å²) < 4.78 is 27.7. The van der Waals surface area contributed by atoms with Crippen LogP contribution in [0.1, 0.15) is 21.5 Å². The van der Waals surface area contributed by atoms with Crippen LogP contribution >= 0.6 is 12.6 Å². The summed E-state index contributed by atoms with van der Waals surface area (Å²) in [5, 5.41) is 13.0. The van der Waals surface area contributed by atoms with Gasteiger partial charge in [0.2, 0.25) is 0 Å². The van der Waals surface area contributed by atoms with Gasteiger partial charge in [0.15, 0.2) is 0 Å². The van der Waals surface area contributed by atoms with Crippen molar-refractivity contribution < 1.29 is 18.7 Å². The van der Waals surface area contributed by atoms with Crippen LogP contribution in [0, 0.1) is 18.6 Å². The van der Waals surface area contributed by atoms with E-state index in [2.05, 4.69) is 22.9 Å². The van der Waals surface area contributed by atoms with Gasteiger partial charge in [-0.2, -0.15) is 12.6 Å². The number of H-pyrrole nitrogens is 1. The molecular weight excluding hydrogens is 374 g/mol. The SMILES string of the molecule is Cc1cc(F)c(NC(=O)c2c(O)c3c(CCS)cccc3[nH]c2=O)cc1F. The number of fused-ring (bicyclic) bond motifs is 1. The van der Waals surface area contributed by atoms with Crippen molar-refractivity contribution in [1.82, 2.24) is 4.98 Å². The van der Waals surface area contributed by atoms with Gasteiger partial charge in [0.1, 0.15) is 22.9 Å². The van der Waals surface area contributed by atoms with E-state index in [1.54, 1.807) is 18.2 Å². The first kappa shape index (κ1) is 18.9. The quantitative estimate of drug-likeness (QED) is 0.514. The second-order valence-electron chi connectivity index (χ2n) is 6.03. The van der Waals surface area contributed by atoms with Gasteiger partial charge in [-0.25, -0.2) is 8.78 Å².